The summed E-state index contributed by atoms with van der Waals surface area (Å²) in [6, 6.07) is 0. The summed E-state index contributed by atoms with van der Waals surface area (Å²) in [5, 5.41) is 3.32. The molecule has 78 valence electrons. The summed E-state index contributed by atoms with van der Waals surface area (Å²) in [5.41, 5.74) is 5.64. The molecule has 0 atom stereocenters. The van der Waals surface area contributed by atoms with Gasteiger partial charge in [-0.3, -0.25) is 0 Å². The summed E-state index contributed by atoms with van der Waals surface area (Å²) in [4.78, 5) is 12.2. The van der Waals surface area contributed by atoms with E-state index in [4.69, 9.17) is 5.70 Å². The maximum absolute atomic E-state index is 12.2. The van der Waals surface area contributed by atoms with Crippen molar-refractivity contribution < 1.29 is 26.1 Å². The maximum atomic E-state index is 12.2. The van der Waals surface area contributed by atoms with Gasteiger partial charge in [0.15, 0.2) is 0 Å². The molecule has 2 fully saturated rings. The molecule has 2 aliphatic heterocycles. The molecular formula is C9H15BIN2O-. The van der Waals surface area contributed by atoms with Crippen LogP contribution in [0, 0.1) is 5.41 Å². The SMILES string of the molecule is [B][I-]N1CCCC2(CCNCC2)C1=O. The minimum atomic E-state index is -0.544. The van der Waals surface area contributed by atoms with Crippen molar-refractivity contribution in [3.05, 3.63) is 0 Å². The minimum absolute atomic E-state index is 0.0391. The first kappa shape index (κ1) is 10.7. The zero-order valence-corrected chi connectivity index (χ0v) is 10.4. The Labute approximate surface area is 96.7 Å². The third-order valence-electron chi connectivity index (χ3n) is 3.36. The summed E-state index contributed by atoms with van der Waals surface area (Å²) in [6.07, 6.45) is 4.23. The van der Waals surface area contributed by atoms with Gasteiger partial charge in [-0.05, 0) is 0 Å². The number of hydrogen-bond donors (Lipinski definition) is 1. The average Bonchev–Trinajstić information content (AvgIpc) is 2.24. The standard InChI is InChI=1S/C9H15BIN2O/c10-11-13-7-1-2-9(8(13)14)3-5-12-6-4-9/h12H,1-7H2/q-1. The van der Waals surface area contributed by atoms with Gasteiger partial charge in [0.05, 0.1) is 0 Å². The molecule has 0 aromatic carbocycles. The van der Waals surface area contributed by atoms with E-state index < -0.39 is 21.3 Å². The van der Waals surface area contributed by atoms with E-state index in [-0.39, 0.29) is 5.41 Å². The summed E-state index contributed by atoms with van der Waals surface area (Å²) >= 11 is -0.544. The van der Waals surface area contributed by atoms with Crippen molar-refractivity contribution in [2.24, 2.45) is 5.41 Å². The van der Waals surface area contributed by atoms with Gasteiger partial charge in [0.25, 0.3) is 0 Å². The number of amides is 1. The Bertz CT molecular complexity index is 225. The van der Waals surface area contributed by atoms with Crippen LogP contribution in [0.15, 0.2) is 0 Å². The second kappa shape index (κ2) is 4.39. The molecule has 2 aliphatic rings. The Hall–Kier alpha value is 0.225. The number of nitrogens with one attached hydrogen (secondary N) is 1. The number of halogens is 1. The molecule has 2 heterocycles. The molecule has 1 amide bonds. The van der Waals surface area contributed by atoms with Crippen LogP contribution in [-0.2, 0) is 4.79 Å². The average molecular weight is 305 g/mol. The third-order valence-corrected chi connectivity index (χ3v) is 4.96. The molecule has 3 nitrogen and oxygen atoms in total. The fourth-order valence-electron chi connectivity index (χ4n) is 2.48. The van der Waals surface area contributed by atoms with Gasteiger partial charge in [0.2, 0.25) is 0 Å². The van der Waals surface area contributed by atoms with E-state index in [0.29, 0.717) is 5.91 Å². The second-order valence-electron chi connectivity index (χ2n) is 4.12. The quantitative estimate of drug-likeness (QED) is 0.320. The van der Waals surface area contributed by atoms with E-state index in [1.54, 1.807) is 0 Å². The molecule has 0 aromatic rings. The van der Waals surface area contributed by atoms with Crippen LogP contribution in [0.5, 0.6) is 0 Å². The van der Waals surface area contributed by atoms with Crippen molar-refractivity contribution in [2.75, 3.05) is 19.6 Å². The Kier molecular flexibility index (Phi) is 3.36. The summed E-state index contributed by atoms with van der Waals surface area (Å²) in [7, 11) is 0. The number of carbonyl (C=O) groups is 1. The fraction of sp³-hybridized carbons (Fsp3) is 0.889. The van der Waals surface area contributed by atoms with E-state index >= 15 is 0 Å². The normalized spacial score (nSPS) is 27.1. The third kappa shape index (κ3) is 1.80. The Balaban J connectivity index is 2.12. The zero-order chi connectivity index (χ0) is 10.0. The summed E-state index contributed by atoms with van der Waals surface area (Å²) in [5.74, 6) is 0.348. The first-order valence-electron chi connectivity index (χ1n) is 5.15. The predicted molar refractivity (Wildman–Crippen MR) is 51.2 cm³/mol. The monoisotopic (exact) mass is 305 g/mol. The predicted octanol–water partition coefficient (Wildman–Crippen LogP) is -2.93. The summed E-state index contributed by atoms with van der Waals surface area (Å²) in [6.45, 7) is 2.88. The van der Waals surface area contributed by atoms with Crippen molar-refractivity contribution in [3.8, 4) is 0 Å². The van der Waals surface area contributed by atoms with Gasteiger partial charge in [-0.15, -0.1) is 0 Å². The molecule has 0 aromatic heterocycles. The molecule has 14 heavy (non-hydrogen) atoms. The van der Waals surface area contributed by atoms with E-state index in [0.717, 1.165) is 45.3 Å². The van der Waals surface area contributed by atoms with Crippen molar-refractivity contribution in [3.63, 3.8) is 0 Å². The molecule has 0 aliphatic carbocycles. The molecule has 0 unspecified atom stereocenters. The first-order valence-corrected chi connectivity index (χ1v) is 7.36. The number of hydrogen-bond acceptors (Lipinski definition) is 2. The van der Waals surface area contributed by atoms with Crippen LogP contribution < -0.4 is 26.6 Å². The van der Waals surface area contributed by atoms with Crippen LogP contribution in [-0.4, -0.2) is 34.4 Å². The number of piperidine rings is 2. The first-order chi connectivity index (χ1) is 6.78. The molecule has 1 N–H and O–H groups in total. The van der Waals surface area contributed by atoms with Gasteiger partial charge in [0, 0.05) is 0 Å². The van der Waals surface area contributed by atoms with Gasteiger partial charge in [-0.1, -0.05) is 0 Å². The van der Waals surface area contributed by atoms with Crippen LogP contribution in [0.4, 0.5) is 0 Å². The van der Waals surface area contributed by atoms with Gasteiger partial charge < -0.3 is 0 Å². The second-order valence-corrected chi connectivity index (χ2v) is 5.84. The van der Waals surface area contributed by atoms with Crippen molar-refractivity contribution >= 4 is 11.6 Å². The van der Waals surface area contributed by atoms with Crippen LogP contribution in [0.25, 0.3) is 0 Å². The molecule has 5 heteroatoms. The molecule has 0 saturated carbocycles. The van der Waals surface area contributed by atoms with Crippen molar-refractivity contribution in [1.82, 2.24) is 8.43 Å². The number of carbonyl (C=O) groups excluding carboxylic acids is 1. The molecule has 2 saturated heterocycles. The Morgan fingerprint density at radius 1 is 1.36 bits per heavy atom. The number of rotatable bonds is 1. The fourth-order valence-corrected chi connectivity index (χ4v) is 3.87. The Morgan fingerprint density at radius 2 is 2.07 bits per heavy atom. The van der Waals surface area contributed by atoms with Gasteiger partial charge in [-0.2, -0.15) is 0 Å². The van der Waals surface area contributed by atoms with E-state index in [1.807, 2.05) is 3.11 Å². The van der Waals surface area contributed by atoms with Gasteiger partial charge in [0.1, 0.15) is 0 Å². The molecule has 2 rings (SSSR count). The van der Waals surface area contributed by atoms with Gasteiger partial charge >= 0.3 is 96.8 Å². The topological polar surface area (TPSA) is 32.3 Å². The van der Waals surface area contributed by atoms with Crippen LogP contribution >= 0.6 is 0 Å². The summed E-state index contributed by atoms with van der Waals surface area (Å²) < 4.78 is 1.92. The molecule has 0 bridgehead atoms. The van der Waals surface area contributed by atoms with E-state index in [1.165, 1.54) is 0 Å². The van der Waals surface area contributed by atoms with Crippen LogP contribution in [0.3, 0.4) is 0 Å². The van der Waals surface area contributed by atoms with Crippen molar-refractivity contribution in [2.45, 2.75) is 25.7 Å². The molecule has 2 radical (unpaired) electrons. The van der Waals surface area contributed by atoms with Crippen LogP contribution in [0.1, 0.15) is 25.7 Å². The van der Waals surface area contributed by atoms with Crippen molar-refractivity contribution in [1.29, 1.82) is 0 Å². The van der Waals surface area contributed by atoms with E-state index in [2.05, 4.69) is 5.32 Å². The molecule has 1 spiro atoms. The van der Waals surface area contributed by atoms with Crippen LogP contribution in [0.2, 0.25) is 0 Å². The zero-order valence-electron chi connectivity index (χ0n) is 8.26. The molecular weight excluding hydrogens is 290 g/mol. The number of nitrogens with zero attached hydrogens (tertiary/aromatic N) is 1. The van der Waals surface area contributed by atoms with Gasteiger partial charge in [-0.25, -0.2) is 0 Å². The Morgan fingerprint density at radius 3 is 2.71 bits per heavy atom. The van der Waals surface area contributed by atoms with E-state index in [9.17, 15) is 4.79 Å².